The number of esters is 1. The Bertz CT molecular complexity index is 662. The number of unbranched alkanes of at least 4 members (excludes halogenated alkanes) is 3. The molecular weight excluding hydrogens is 320 g/mol. The Balaban J connectivity index is 3.17. The van der Waals surface area contributed by atoms with Crippen LogP contribution in [-0.2, 0) is 4.74 Å². The highest BCUT2D eigenvalue weighted by Crippen LogP contribution is 2.21. The second-order valence-electron chi connectivity index (χ2n) is 5.02. The van der Waals surface area contributed by atoms with Gasteiger partial charge in [0.15, 0.2) is 0 Å². The second-order valence-corrected chi connectivity index (χ2v) is 5.02. The fourth-order valence-electron chi connectivity index (χ4n) is 2.17. The molecule has 1 aromatic rings. The number of hydrogen-bond acceptors (Lipinski definition) is 5. The molecule has 0 bridgehead atoms. The molecule has 8 heteroatoms. The second kappa shape index (κ2) is 8.66. The van der Waals surface area contributed by atoms with Gasteiger partial charge < -0.3 is 20.1 Å². The van der Waals surface area contributed by atoms with Crippen LogP contribution < -0.4 is 0 Å². The molecule has 24 heavy (non-hydrogen) atoms. The van der Waals surface area contributed by atoms with Crippen LogP contribution in [0.1, 0.15) is 74.0 Å². The number of benzene rings is 1. The SMILES string of the molecule is CCCCCCOC(=O)c1ccc(C(=O)O)c(C(=O)O)c1C(=O)O. The van der Waals surface area contributed by atoms with Gasteiger partial charge in [0.2, 0.25) is 0 Å². The zero-order valence-corrected chi connectivity index (χ0v) is 13.1. The van der Waals surface area contributed by atoms with Gasteiger partial charge in [0.05, 0.1) is 28.9 Å². The topological polar surface area (TPSA) is 138 Å². The van der Waals surface area contributed by atoms with E-state index >= 15 is 0 Å². The minimum absolute atomic E-state index is 0.0704. The van der Waals surface area contributed by atoms with Crippen molar-refractivity contribution in [1.82, 2.24) is 0 Å². The molecule has 0 atom stereocenters. The third-order valence-electron chi connectivity index (χ3n) is 3.31. The summed E-state index contributed by atoms with van der Waals surface area (Å²) in [6.45, 7) is 2.09. The molecule has 0 fully saturated rings. The Hall–Kier alpha value is -2.90. The number of carboxylic acid groups (broad SMARTS) is 3. The number of rotatable bonds is 9. The smallest absolute Gasteiger partial charge is 0.339 e. The van der Waals surface area contributed by atoms with Gasteiger partial charge in [-0.2, -0.15) is 0 Å². The van der Waals surface area contributed by atoms with Gasteiger partial charge in [-0.1, -0.05) is 26.2 Å². The number of hydrogen-bond donors (Lipinski definition) is 3. The number of aromatic carboxylic acids is 3. The van der Waals surface area contributed by atoms with E-state index in [1.54, 1.807) is 0 Å². The maximum atomic E-state index is 12.0. The average Bonchev–Trinajstić information content (AvgIpc) is 2.52. The highest BCUT2D eigenvalue weighted by molar-refractivity contribution is 6.14. The summed E-state index contributed by atoms with van der Waals surface area (Å²) in [6.07, 6.45) is 3.40. The van der Waals surface area contributed by atoms with Gasteiger partial charge in [-0.3, -0.25) is 0 Å². The summed E-state index contributed by atoms with van der Waals surface area (Å²) in [7, 11) is 0. The molecule has 0 aromatic heterocycles. The van der Waals surface area contributed by atoms with Gasteiger partial charge in [-0.25, -0.2) is 19.2 Å². The average molecular weight is 338 g/mol. The fraction of sp³-hybridized carbons (Fsp3) is 0.375. The van der Waals surface area contributed by atoms with Gasteiger partial charge in [0, 0.05) is 0 Å². The van der Waals surface area contributed by atoms with Crippen LogP contribution in [0.25, 0.3) is 0 Å². The zero-order valence-electron chi connectivity index (χ0n) is 13.1. The van der Waals surface area contributed by atoms with Crippen molar-refractivity contribution in [2.24, 2.45) is 0 Å². The van der Waals surface area contributed by atoms with E-state index in [0.717, 1.165) is 31.4 Å². The van der Waals surface area contributed by atoms with Crippen LogP contribution in [0.4, 0.5) is 0 Å². The molecule has 130 valence electrons. The number of ether oxygens (including phenoxy) is 1. The summed E-state index contributed by atoms with van der Waals surface area (Å²) >= 11 is 0. The molecule has 8 nitrogen and oxygen atoms in total. The predicted octanol–water partition coefficient (Wildman–Crippen LogP) is 2.52. The van der Waals surface area contributed by atoms with Gasteiger partial charge in [0.25, 0.3) is 0 Å². The van der Waals surface area contributed by atoms with Gasteiger partial charge in [-0.05, 0) is 18.6 Å². The summed E-state index contributed by atoms with van der Waals surface area (Å²) < 4.78 is 4.96. The predicted molar refractivity (Wildman–Crippen MR) is 81.7 cm³/mol. The van der Waals surface area contributed by atoms with Gasteiger partial charge in [0.1, 0.15) is 0 Å². The molecule has 0 saturated heterocycles. The highest BCUT2D eigenvalue weighted by Gasteiger charge is 2.30. The maximum Gasteiger partial charge on any atom is 0.339 e. The molecular formula is C16H18O8. The number of carbonyl (C=O) groups excluding carboxylic acids is 1. The molecule has 0 spiro atoms. The van der Waals surface area contributed by atoms with Gasteiger partial charge in [-0.15, -0.1) is 0 Å². The normalized spacial score (nSPS) is 10.2. The minimum Gasteiger partial charge on any atom is -0.478 e. The lowest BCUT2D eigenvalue weighted by Gasteiger charge is -2.11. The minimum atomic E-state index is -1.75. The molecule has 0 saturated carbocycles. The molecule has 0 amide bonds. The van der Waals surface area contributed by atoms with Gasteiger partial charge >= 0.3 is 23.9 Å². The molecule has 1 aromatic carbocycles. The Labute approximate surface area is 137 Å². The van der Waals surface area contributed by atoms with Crippen LogP contribution in [0.15, 0.2) is 12.1 Å². The van der Waals surface area contributed by atoms with Crippen LogP contribution in [-0.4, -0.2) is 45.8 Å². The Morgan fingerprint density at radius 1 is 0.833 bits per heavy atom. The molecule has 1 rings (SSSR count). The lowest BCUT2D eigenvalue weighted by atomic mass is 9.95. The summed E-state index contributed by atoms with van der Waals surface area (Å²) in [5, 5.41) is 27.4. The summed E-state index contributed by atoms with van der Waals surface area (Å²) in [5.41, 5.74) is -3.03. The molecule has 0 radical (unpaired) electrons. The number of carboxylic acids is 3. The van der Waals surface area contributed by atoms with Crippen molar-refractivity contribution >= 4 is 23.9 Å². The largest absolute Gasteiger partial charge is 0.478 e. The molecule has 0 heterocycles. The Morgan fingerprint density at radius 3 is 1.88 bits per heavy atom. The first kappa shape index (κ1) is 19.1. The Morgan fingerprint density at radius 2 is 1.38 bits per heavy atom. The molecule has 3 N–H and O–H groups in total. The van der Waals surface area contributed by atoms with Crippen molar-refractivity contribution in [2.45, 2.75) is 32.6 Å². The van der Waals surface area contributed by atoms with Crippen molar-refractivity contribution < 1.29 is 39.2 Å². The first-order valence-electron chi connectivity index (χ1n) is 7.35. The highest BCUT2D eigenvalue weighted by atomic mass is 16.5. The summed E-state index contributed by atoms with van der Waals surface area (Å²) in [4.78, 5) is 45.8. The summed E-state index contributed by atoms with van der Waals surface area (Å²) in [5.74, 6) is -6.06. The third-order valence-corrected chi connectivity index (χ3v) is 3.31. The van der Waals surface area contributed by atoms with Crippen molar-refractivity contribution in [3.63, 3.8) is 0 Å². The number of carbonyl (C=O) groups is 4. The molecule has 0 aliphatic carbocycles. The first-order chi connectivity index (χ1) is 11.3. The first-order valence-corrected chi connectivity index (χ1v) is 7.35. The van der Waals surface area contributed by atoms with E-state index in [9.17, 15) is 24.3 Å². The van der Waals surface area contributed by atoms with Crippen molar-refractivity contribution in [1.29, 1.82) is 0 Å². The molecule has 0 aliphatic rings. The van der Waals surface area contributed by atoms with Crippen LogP contribution >= 0.6 is 0 Å². The van der Waals surface area contributed by atoms with Crippen LogP contribution in [0.3, 0.4) is 0 Å². The van der Waals surface area contributed by atoms with Crippen LogP contribution in [0.5, 0.6) is 0 Å². The maximum absolute atomic E-state index is 12.0. The zero-order chi connectivity index (χ0) is 18.3. The Kier molecular flexibility index (Phi) is 6.91. The van der Waals surface area contributed by atoms with Crippen molar-refractivity contribution in [3.05, 3.63) is 34.4 Å². The van der Waals surface area contributed by atoms with Crippen LogP contribution in [0.2, 0.25) is 0 Å². The third kappa shape index (κ3) is 4.55. The van der Waals surface area contributed by atoms with Crippen molar-refractivity contribution in [2.75, 3.05) is 6.61 Å². The van der Waals surface area contributed by atoms with E-state index in [2.05, 4.69) is 0 Å². The van der Waals surface area contributed by atoms with Crippen LogP contribution in [0, 0.1) is 0 Å². The standard InChI is InChI=1S/C16H18O8/c1-2-3-4-5-8-24-16(23)10-7-6-9(13(17)18)11(14(19)20)12(10)15(21)22/h6-7H,2-5,8H2,1H3,(H,17,18)(H,19,20)(H,21,22). The van der Waals surface area contributed by atoms with E-state index in [4.69, 9.17) is 14.9 Å². The van der Waals surface area contributed by atoms with E-state index in [-0.39, 0.29) is 6.61 Å². The lowest BCUT2D eigenvalue weighted by molar-refractivity contribution is 0.0485. The lowest BCUT2D eigenvalue weighted by Crippen LogP contribution is -2.20. The quantitative estimate of drug-likeness (QED) is 0.461. The van der Waals surface area contributed by atoms with E-state index in [0.29, 0.717) is 6.42 Å². The van der Waals surface area contributed by atoms with E-state index in [1.807, 2.05) is 6.92 Å². The summed E-state index contributed by atoms with van der Waals surface area (Å²) in [6, 6.07) is 1.83. The molecule has 0 aliphatic heterocycles. The van der Waals surface area contributed by atoms with E-state index < -0.39 is 46.1 Å². The van der Waals surface area contributed by atoms with E-state index in [1.165, 1.54) is 0 Å². The van der Waals surface area contributed by atoms with Crippen molar-refractivity contribution in [3.8, 4) is 0 Å². The molecule has 0 unspecified atom stereocenters. The monoisotopic (exact) mass is 338 g/mol. The fourth-order valence-corrected chi connectivity index (χ4v) is 2.17.